The molecule has 0 radical (unpaired) electrons. The fraction of sp³-hybridized carbons (Fsp3) is 0.241. The number of hydrogen-bond acceptors (Lipinski definition) is 3. The summed E-state index contributed by atoms with van der Waals surface area (Å²) in [5, 5.41) is 2.95. The number of amides is 2. The Labute approximate surface area is 202 Å². The smallest absolute Gasteiger partial charge is 0.255 e. The number of nitrogens with one attached hydrogen (secondary N) is 1. The first-order valence-corrected chi connectivity index (χ1v) is 11.7. The summed E-state index contributed by atoms with van der Waals surface area (Å²) in [6.45, 7) is 11.4. The highest BCUT2D eigenvalue weighted by Gasteiger charge is 2.17. The standard InChI is InChI=1S/C29H33N3O2/c1-6-22(5)32(26-12-10-9-11-13-26)27-20-24(15-14-21(27)4)28(33)30-25-18-16-23(17-19-25)29(34)31(7-2)8-3/h6,9-20H,7-8H2,1-5H3,(H,30,33)/b22-6-. The highest BCUT2D eigenvalue weighted by molar-refractivity contribution is 6.05. The van der Waals surface area contributed by atoms with Crippen molar-refractivity contribution in [3.05, 3.63) is 101 Å². The van der Waals surface area contributed by atoms with Crippen molar-refractivity contribution in [2.24, 2.45) is 0 Å². The van der Waals surface area contributed by atoms with E-state index < -0.39 is 0 Å². The van der Waals surface area contributed by atoms with Crippen LogP contribution in [0.1, 0.15) is 54.0 Å². The van der Waals surface area contributed by atoms with E-state index in [-0.39, 0.29) is 11.8 Å². The van der Waals surface area contributed by atoms with Crippen molar-refractivity contribution in [3.63, 3.8) is 0 Å². The molecule has 0 bridgehead atoms. The molecule has 1 N–H and O–H groups in total. The molecule has 5 heteroatoms. The number of benzene rings is 3. The minimum Gasteiger partial charge on any atom is -0.339 e. The van der Waals surface area contributed by atoms with Crippen molar-refractivity contribution in [2.45, 2.75) is 34.6 Å². The Bertz CT molecular complexity index is 1160. The van der Waals surface area contributed by atoms with Gasteiger partial charge in [-0.15, -0.1) is 0 Å². The number of anilines is 3. The summed E-state index contributed by atoms with van der Waals surface area (Å²) in [4.78, 5) is 29.5. The molecule has 0 saturated carbocycles. The van der Waals surface area contributed by atoms with Crippen molar-refractivity contribution in [1.29, 1.82) is 0 Å². The zero-order valence-corrected chi connectivity index (χ0v) is 20.6. The Morgan fingerprint density at radius 2 is 1.50 bits per heavy atom. The molecule has 34 heavy (non-hydrogen) atoms. The molecule has 0 unspecified atom stereocenters. The van der Waals surface area contributed by atoms with E-state index in [0.717, 1.165) is 22.6 Å². The minimum atomic E-state index is -0.199. The van der Waals surface area contributed by atoms with Crippen LogP contribution in [0.15, 0.2) is 84.6 Å². The van der Waals surface area contributed by atoms with Gasteiger partial charge in [-0.25, -0.2) is 0 Å². The van der Waals surface area contributed by atoms with Gasteiger partial charge in [-0.05, 0) is 88.7 Å². The Morgan fingerprint density at radius 1 is 0.882 bits per heavy atom. The van der Waals surface area contributed by atoms with Crippen LogP contribution in [0, 0.1) is 6.92 Å². The highest BCUT2D eigenvalue weighted by Crippen LogP contribution is 2.33. The SMILES string of the molecule is C/C=C(/C)N(c1ccccc1)c1cc(C(=O)Nc2ccc(C(=O)N(CC)CC)cc2)ccc1C. The number of hydrogen-bond donors (Lipinski definition) is 1. The molecule has 3 aromatic rings. The Hall–Kier alpha value is -3.86. The molecule has 0 atom stereocenters. The van der Waals surface area contributed by atoms with Gasteiger partial charge in [0.15, 0.2) is 0 Å². The number of nitrogens with zero attached hydrogens (tertiary/aromatic N) is 2. The quantitative estimate of drug-likeness (QED) is 0.407. The summed E-state index contributed by atoms with van der Waals surface area (Å²) in [5.41, 5.74) is 5.95. The molecular formula is C29H33N3O2. The molecule has 176 valence electrons. The molecular weight excluding hydrogens is 422 g/mol. The third kappa shape index (κ3) is 5.54. The number of carbonyl (C=O) groups excluding carboxylic acids is 2. The third-order valence-electron chi connectivity index (χ3n) is 5.94. The molecule has 0 aliphatic heterocycles. The van der Waals surface area contributed by atoms with Crippen molar-refractivity contribution in [1.82, 2.24) is 4.90 Å². The summed E-state index contributed by atoms with van der Waals surface area (Å²) in [5.74, 6) is -0.207. The van der Waals surface area contributed by atoms with Gasteiger partial charge in [-0.1, -0.05) is 30.3 Å². The predicted molar refractivity (Wildman–Crippen MR) is 141 cm³/mol. The fourth-order valence-corrected chi connectivity index (χ4v) is 3.82. The van der Waals surface area contributed by atoms with Gasteiger partial charge in [0.2, 0.25) is 0 Å². The van der Waals surface area contributed by atoms with Crippen LogP contribution < -0.4 is 10.2 Å². The zero-order valence-electron chi connectivity index (χ0n) is 20.6. The number of allylic oxidation sites excluding steroid dienone is 2. The topological polar surface area (TPSA) is 52.7 Å². The van der Waals surface area contributed by atoms with Crippen molar-refractivity contribution in [2.75, 3.05) is 23.3 Å². The zero-order chi connectivity index (χ0) is 24.7. The maximum Gasteiger partial charge on any atom is 0.255 e. The molecule has 0 aromatic heterocycles. The van der Waals surface area contributed by atoms with Gasteiger partial charge in [0.1, 0.15) is 0 Å². The van der Waals surface area contributed by atoms with Crippen LogP contribution in [0.3, 0.4) is 0 Å². The molecule has 0 aliphatic rings. The van der Waals surface area contributed by atoms with Gasteiger partial charge >= 0.3 is 0 Å². The second-order valence-electron chi connectivity index (χ2n) is 8.11. The minimum absolute atomic E-state index is 0.00796. The highest BCUT2D eigenvalue weighted by atomic mass is 16.2. The number of rotatable bonds is 8. The van der Waals surface area contributed by atoms with E-state index in [0.29, 0.717) is 29.9 Å². The Balaban J connectivity index is 1.85. The largest absolute Gasteiger partial charge is 0.339 e. The van der Waals surface area contributed by atoms with Crippen LogP contribution >= 0.6 is 0 Å². The van der Waals surface area contributed by atoms with E-state index in [1.807, 2.05) is 64.1 Å². The molecule has 0 saturated heterocycles. The summed E-state index contributed by atoms with van der Waals surface area (Å²) >= 11 is 0. The number of aryl methyl sites for hydroxylation is 1. The van der Waals surface area contributed by atoms with E-state index in [1.54, 1.807) is 29.2 Å². The normalized spacial score (nSPS) is 11.1. The van der Waals surface area contributed by atoms with Crippen LogP contribution in [-0.2, 0) is 0 Å². The van der Waals surface area contributed by atoms with Crippen molar-refractivity contribution >= 4 is 28.9 Å². The average Bonchev–Trinajstić information content (AvgIpc) is 2.86. The molecule has 3 aromatic carbocycles. The molecule has 0 spiro atoms. The lowest BCUT2D eigenvalue weighted by Gasteiger charge is -2.28. The average molecular weight is 456 g/mol. The monoisotopic (exact) mass is 455 g/mol. The van der Waals surface area contributed by atoms with E-state index in [1.165, 1.54) is 0 Å². The van der Waals surface area contributed by atoms with E-state index in [9.17, 15) is 9.59 Å². The maximum absolute atomic E-state index is 13.1. The summed E-state index contributed by atoms with van der Waals surface area (Å²) < 4.78 is 0. The van der Waals surface area contributed by atoms with Gasteiger partial charge in [-0.3, -0.25) is 9.59 Å². The van der Waals surface area contributed by atoms with Crippen LogP contribution in [0.25, 0.3) is 0 Å². The van der Waals surface area contributed by atoms with Crippen LogP contribution in [-0.4, -0.2) is 29.8 Å². The molecule has 2 amide bonds. The first kappa shape index (κ1) is 24.8. The van der Waals surface area contributed by atoms with Crippen LogP contribution in [0.5, 0.6) is 0 Å². The molecule has 3 rings (SSSR count). The summed E-state index contributed by atoms with van der Waals surface area (Å²) in [6.07, 6.45) is 2.06. The maximum atomic E-state index is 13.1. The van der Waals surface area contributed by atoms with E-state index in [4.69, 9.17) is 0 Å². The van der Waals surface area contributed by atoms with Gasteiger partial charge < -0.3 is 15.1 Å². The van der Waals surface area contributed by atoms with Gasteiger partial charge in [-0.2, -0.15) is 0 Å². The number of para-hydroxylation sites is 1. The Morgan fingerprint density at radius 3 is 2.09 bits per heavy atom. The molecule has 5 nitrogen and oxygen atoms in total. The predicted octanol–water partition coefficient (Wildman–Crippen LogP) is 6.79. The molecule has 0 aliphatic carbocycles. The van der Waals surface area contributed by atoms with Crippen LogP contribution in [0.4, 0.5) is 17.1 Å². The third-order valence-corrected chi connectivity index (χ3v) is 5.94. The van der Waals surface area contributed by atoms with Gasteiger partial charge in [0.25, 0.3) is 11.8 Å². The van der Waals surface area contributed by atoms with Gasteiger partial charge in [0, 0.05) is 47.0 Å². The first-order chi connectivity index (χ1) is 16.4. The Kier molecular flexibility index (Phi) is 8.25. The van der Waals surface area contributed by atoms with Crippen molar-refractivity contribution < 1.29 is 9.59 Å². The fourth-order valence-electron chi connectivity index (χ4n) is 3.82. The second kappa shape index (κ2) is 11.3. The lowest BCUT2D eigenvalue weighted by Crippen LogP contribution is -2.30. The summed E-state index contributed by atoms with van der Waals surface area (Å²) in [7, 11) is 0. The molecule has 0 fully saturated rings. The van der Waals surface area contributed by atoms with E-state index >= 15 is 0 Å². The number of carbonyl (C=O) groups is 2. The lowest BCUT2D eigenvalue weighted by atomic mass is 10.1. The molecule has 0 heterocycles. The van der Waals surface area contributed by atoms with E-state index in [2.05, 4.69) is 35.3 Å². The van der Waals surface area contributed by atoms with Crippen molar-refractivity contribution in [3.8, 4) is 0 Å². The van der Waals surface area contributed by atoms with Gasteiger partial charge in [0.05, 0.1) is 0 Å². The first-order valence-electron chi connectivity index (χ1n) is 11.7. The second-order valence-corrected chi connectivity index (χ2v) is 8.11. The summed E-state index contributed by atoms with van der Waals surface area (Å²) in [6, 6.07) is 22.9. The van der Waals surface area contributed by atoms with Crippen LogP contribution in [0.2, 0.25) is 0 Å². The lowest BCUT2D eigenvalue weighted by molar-refractivity contribution is 0.0773.